The lowest BCUT2D eigenvalue weighted by atomic mass is 9.65. The highest BCUT2D eigenvalue weighted by molar-refractivity contribution is 6.30. The Kier molecular flexibility index (Phi) is 6.63. The first-order valence-electron chi connectivity index (χ1n) is 12.8. The van der Waals surface area contributed by atoms with Gasteiger partial charge in [-0.05, 0) is 63.1 Å². The number of anilines is 1. The molecule has 0 atom stereocenters. The van der Waals surface area contributed by atoms with Gasteiger partial charge in [0.25, 0.3) is 5.91 Å². The minimum absolute atomic E-state index is 0.0351. The van der Waals surface area contributed by atoms with Gasteiger partial charge in [-0.1, -0.05) is 23.7 Å². The van der Waals surface area contributed by atoms with E-state index in [0.717, 1.165) is 24.8 Å². The fourth-order valence-electron chi connectivity index (χ4n) is 5.63. The molecule has 5 rings (SSSR count). The predicted molar refractivity (Wildman–Crippen MR) is 145 cm³/mol. The predicted octanol–water partition coefficient (Wildman–Crippen LogP) is 4.55. The molecule has 0 unspecified atom stereocenters. The number of ether oxygens (including phenoxy) is 1. The van der Waals surface area contributed by atoms with Crippen LogP contribution in [-0.4, -0.2) is 62.2 Å². The van der Waals surface area contributed by atoms with Gasteiger partial charge in [0, 0.05) is 36.9 Å². The highest BCUT2D eigenvalue weighted by Crippen LogP contribution is 2.55. The smallest absolute Gasteiger partial charge is 0.410 e. The Morgan fingerprint density at radius 2 is 2.05 bits per heavy atom. The Labute approximate surface area is 227 Å². The summed E-state index contributed by atoms with van der Waals surface area (Å²) in [6.45, 7) is 7.51. The van der Waals surface area contributed by atoms with Crippen LogP contribution in [0.25, 0.3) is 11.3 Å². The van der Waals surface area contributed by atoms with Gasteiger partial charge >= 0.3 is 6.09 Å². The molecule has 2 amide bonds. The molecule has 2 aliphatic rings. The number of rotatable bonds is 6. The summed E-state index contributed by atoms with van der Waals surface area (Å²) in [6, 6.07) is 7.69. The number of hydrogen-bond donors (Lipinski definition) is 2. The number of halogens is 1. The summed E-state index contributed by atoms with van der Waals surface area (Å²) in [7, 11) is 1.76. The van der Waals surface area contributed by atoms with E-state index in [9.17, 15) is 9.59 Å². The van der Waals surface area contributed by atoms with E-state index in [1.807, 2.05) is 55.9 Å². The van der Waals surface area contributed by atoms with E-state index in [-0.39, 0.29) is 17.6 Å². The van der Waals surface area contributed by atoms with Crippen molar-refractivity contribution in [1.29, 1.82) is 0 Å². The van der Waals surface area contributed by atoms with Crippen molar-refractivity contribution in [3.05, 3.63) is 52.8 Å². The van der Waals surface area contributed by atoms with Gasteiger partial charge in [0.05, 0.1) is 18.8 Å². The van der Waals surface area contributed by atoms with E-state index in [1.165, 1.54) is 0 Å². The Morgan fingerprint density at radius 1 is 1.29 bits per heavy atom. The van der Waals surface area contributed by atoms with Crippen LogP contribution >= 0.6 is 11.6 Å². The molecule has 2 aromatic heterocycles. The lowest BCUT2D eigenvalue weighted by molar-refractivity contribution is 0.0187. The molecule has 10 nitrogen and oxygen atoms in total. The van der Waals surface area contributed by atoms with Gasteiger partial charge in [0.15, 0.2) is 0 Å². The van der Waals surface area contributed by atoms with Gasteiger partial charge in [0.1, 0.15) is 22.7 Å². The minimum atomic E-state index is -0.552. The van der Waals surface area contributed by atoms with Crippen LogP contribution in [0.4, 0.5) is 10.6 Å². The van der Waals surface area contributed by atoms with Gasteiger partial charge < -0.3 is 20.7 Å². The fourth-order valence-corrected chi connectivity index (χ4v) is 5.84. The van der Waals surface area contributed by atoms with Gasteiger partial charge in [-0.15, -0.1) is 0 Å². The summed E-state index contributed by atoms with van der Waals surface area (Å²) in [6.07, 6.45) is 5.92. The Morgan fingerprint density at radius 3 is 2.71 bits per heavy atom. The van der Waals surface area contributed by atoms with Crippen LogP contribution in [0, 0.1) is 5.41 Å². The monoisotopic (exact) mass is 539 g/mol. The van der Waals surface area contributed by atoms with Crippen LogP contribution in [0.3, 0.4) is 0 Å². The van der Waals surface area contributed by atoms with Crippen LogP contribution in [0.5, 0.6) is 0 Å². The normalized spacial score (nSPS) is 21.0. The maximum atomic E-state index is 12.6. The second kappa shape index (κ2) is 9.65. The van der Waals surface area contributed by atoms with Crippen LogP contribution in [0.1, 0.15) is 62.0 Å². The number of carbonyl (C=O) groups is 2. The molecule has 202 valence electrons. The molecule has 1 aromatic carbocycles. The van der Waals surface area contributed by atoms with Gasteiger partial charge in [0.2, 0.25) is 0 Å². The second-order valence-electron chi connectivity index (χ2n) is 11.4. The number of amides is 2. The number of primary amides is 1. The van der Waals surface area contributed by atoms with E-state index in [2.05, 4.69) is 10.4 Å². The first kappa shape index (κ1) is 26.1. The topological polar surface area (TPSA) is 120 Å². The third kappa shape index (κ3) is 5.09. The van der Waals surface area contributed by atoms with E-state index in [1.54, 1.807) is 22.8 Å². The molecule has 1 saturated heterocycles. The summed E-state index contributed by atoms with van der Waals surface area (Å²) >= 11 is 6.12. The standard InChI is InChI=1S/C27H34ClN7O3/c1-26(2,3)38-25(37)33-9-8-27(16-33)11-20(12-27)35-24(30-4)21(23(29)36)22(32-35)18-13-31-34(15-18)14-17-6-5-7-19(28)10-17/h5-7,10,13,15,20,30H,8-9,11-12,14,16H2,1-4H3,(H2,29,36)/t20-,27-. The van der Waals surface area contributed by atoms with Crippen molar-refractivity contribution in [2.75, 3.05) is 25.5 Å². The molecule has 11 heteroatoms. The molecule has 38 heavy (non-hydrogen) atoms. The van der Waals surface area contributed by atoms with Crippen molar-refractivity contribution >= 4 is 29.4 Å². The maximum absolute atomic E-state index is 12.6. The lowest BCUT2D eigenvalue weighted by Gasteiger charge is -2.45. The van der Waals surface area contributed by atoms with Crippen LogP contribution < -0.4 is 11.1 Å². The summed E-state index contributed by atoms with van der Waals surface area (Å²) < 4.78 is 9.23. The minimum Gasteiger partial charge on any atom is -0.444 e. The van der Waals surface area contributed by atoms with Gasteiger partial charge in [-0.3, -0.25) is 9.48 Å². The third-order valence-electron chi connectivity index (χ3n) is 7.31. The number of carbonyl (C=O) groups excluding carboxylic acids is 2. The molecule has 2 fully saturated rings. The maximum Gasteiger partial charge on any atom is 0.410 e. The number of nitrogens with one attached hydrogen (secondary N) is 1. The molecule has 1 aliphatic carbocycles. The fraction of sp³-hybridized carbons (Fsp3) is 0.481. The molecule has 3 N–H and O–H groups in total. The Balaban J connectivity index is 1.35. The third-order valence-corrected chi connectivity index (χ3v) is 7.54. The zero-order valence-corrected chi connectivity index (χ0v) is 23.0. The Bertz CT molecular complexity index is 1370. The summed E-state index contributed by atoms with van der Waals surface area (Å²) in [5.41, 5.74) is 7.92. The molecular weight excluding hydrogens is 506 g/mol. The van der Waals surface area contributed by atoms with Crippen molar-refractivity contribution in [1.82, 2.24) is 24.5 Å². The molecule has 3 aromatic rings. The number of aromatic nitrogens is 4. The van der Waals surface area contributed by atoms with Crippen molar-refractivity contribution < 1.29 is 14.3 Å². The SMILES string of the molecule is CNc1c(C(N)=O)c(-c2cnn(Cc3cccc(Cl)c3)c2)nn1[C@H]1C[C@@]2(CCN(C(=O)OC(C)(C)C)C2)C1. The van der Waals surface area contributed by atoms with E-state index >= 15 is 0 Å². The number of nitrogens with two attached hydrogens (primary N) is 1. The number of benzene rings is 1. The summed E-state index contributed by atoms with van der Waals surface area (Å²) in [5.74, 6) is 0.0427. The van der Waals surface area contributed by atoms with Crippen molar-refractivity contribution in [3.63, 3.8) is 0 Å². The van der Waals surface area contributed by atoms with E-state index in [4.69, 9.17) is 27.2 Å². The van der Waals surface area contributed by atoms with Crippen LogP contribution in [0.15, 0.2) is 36.7 Å². The van der Waals surface area contributed by atoms with E-state index < -0.39 is 11.5 Å². The molecular formula is C27H34ClN7O3. The lowest BCUT2D eigenvalue weighted by Crippen LogP contribution is -2.43. The number of nitrogens with zero attached hydrogens (tertiary/aromatic N) is 5. The number of hydrogen-bond acceptors (Lipinski definition) is 6. The summed E-state index contributed by atoms with van der Waals surface area (Å²) in [5, 5.41) is 13.1. The highest BCUT2D eigenvalue weighted by Gasteiger charge is 2.51. The highest BCUT2D eigenvalue weighted by atomic mass is 35.5. The van der Waals surface area contributed by atoms with Crippen LogP contribution in [-0.2, 0) is 11.3 Å². The largest absolute Gasteiger partial charge is 0.444 e. The molecule has 1 spiro atoms. The Hall–Kier alpha value is -3.53. The molecule has 0 radical (unpaired) electrons. The molecule has 1 saturated carbocycles. The average Bonchev–Trinajstić information content (AvgIpc) is 3.53. The zero-order valence-electron chi connectivity index (χ0n) is 22.2. The average molecular weight is 540 g/mol. The quantitative estimate of drug-likeness (QED) is 0.474. The molecule has 0 bridgehead atoms. The zero-order chi connectivity index (χ0) is 27.2. The van der Waals surface area contributed by atoms with E-state index in [0.29, 0.717) is 47.3 Å². The molecule has 3 heterocycles. The van der Waals surface area contributed by atoms with Crippen molar-refractivity contribution in [2.24, 2.45) is 11.1 Å². The summed E-state index contributed by atoms with van der Waals surface area (Å²) in [4.78, 5) is 26.9. The molecule has 1 aliphatic heterocycles. The van der Waals surface area contributed by atoms with Gasteiger partial charge in [-0.25, -0.2) is 9.48 Å². The first-order valence-corrected chi connectivity index (χ1v) is 13.2. The van der Waals surface area contributed by atoms with Crippen molar-refractivity contribution in [3.8, 4) is 11.3 Å². The van der Waals surface area contributed by atoms with Gasteiger partial charge in [-0.2, -0.15) is 10.2 Å². The van der Waals surface area contributed by atoms with Crippen LogP contribution in [0.2, 0.25) is 5.02 Å². The van der Waals surface area contributed by atoms with Crippen molar-refractivity contribution in [2.45, 2.75) is 58.2 Å². The first-order chi connectivity index (χ1) is 18.0. The second-order valence-corrected chi connectivity index (χ2v) is 11.8. The number of likely N-dealkylation sites (tertiary alicyclic amines) is 1.